The number of hydrogen-bond donors (Lipinski definition) is 1. The SMILES string of the molecule is COc1c2c(cc3c1[C@@H](C[C@@H](O)Cc1ccccc1)[N+](C)(C)CC3)OCO2. The van der Waals surface area contributed by atoms with Crippen molar-refractivity contribution in [3.8, 4) is 17.2 Å². The Morgan fingerprint density at radius 2 is 2.00 bits per heavy atom. The number of benzene rings is 2. The predicted molar refractivity (Wildman–Crippen MR) is 103 cm³/mol. The number of fused-ring (bicyclic) bond motifs is 2. The molecule has 0 saturated carbocycles. The van der Waals surface area contributed by atoms with Crippen LogP contribution >= 0.6 is 0 Å². The van der Waals surface area contributed by atoms with E-state index < -0.39 is 6.10 Å². The van der Waals surface area contributed by atoms with Gasteiger partial charge in [-0.2, -0.15) is 0 Å². The van der Waals surface area contributed by atoms with Crippen LogP contribution in [0.4, 0.5) is 0 Å². The third-order valence-electron chi connectivity index (χ3n) is 5.89. The Labute approximate surface area is 160 Å². The number of likely N-dealkylation sites (N-methyl/N-ethyl adjacent to an activating group) is 1. The van der Waals surface area contributed by atoms with Gasteiger partial charge in [-0.05, 0) is 23.6 Å². The summed E-state index contributed by atoms with van der Waals surface area (Å²) in [4.78, 5) is 0. The van der Waals surface area contributed by atoms with Crippen molar-refractivity contribution >= 4 is 0 Å². The topological polar surface area (TPSA) is 47.9 Å². The Balaban J connectivity index is 1.68. The van der Waals surface area contributed by atoms with E-state index in [1.165, 1.54) is 5.56 Å². The highest BCUT2D eigenvalue weighted by Crippen LogP contribution is 2.51. The van der Waals surface area contributed by atoms with Crippen molar-refractivity contribution in [3.05, 3.63) is 53.1 Å². The maximum Gasteiger partial charge on any atom is 0.231 e. The maximum absolute atomic E-state index is 10.9. The van der Waals surface area contributed by atoms with Gasteiger partial charge in [0.05, 0.1) is 39.4 Å². The normalized spacial score (nSPS) is 20.8. The van der Waals surface area contributed by atoms with Crippen molar-refractivity contribution in [3.63, 3.8) is 0 Å². The Kier molecular flexibility index (Phi) is 4.74. The number of quaternary nitrogens is 1. The standard InChI is InChI=1S/C22H28NO4/c1-23(2)10-9-16-12-19-21(27-14-26-19)22(25-3)20(16)18(23)13-17(24)11-15-7-5-4-6-8-15/h4-8,12,17-18,24H,9-11,13-14H2,1-3H3/q+1/t17-,18+/m0/s1. The molecule has 0 amide bonds. The number of aliphatic hydroxyl groups excluding tert-OH is 1. The summed E-state index contributed by atoms with van der Waals surface area (Å²) in [7, 11) is 6.14. The molecule has 0 bridgehead atoms. The molecule has 1 N–H and O–H groups in total. The fourth-order valence-electron chi connectivity index (χ4n) is 4.40. The second kappa shape index (κ2) is 7.06. The zero-order valence-electron chi connectivity index (χ0n) is 16.3. The van der Waals surface area contributed by atoms with Crippen LogP contribution in [0.1, 0.15) is 29.2 Å². The number of rotatable bonds is 5. The molecule has 0 unspecified atom stereocenters. The Morgan fingerprint density at radius 3 is 2.74 bits per heavy atom. The van der Waals surface area contributed by atoms with Crippen molar-refractivity contribution in [2.45, 2.75) is 31.4 Å². The zero-order valence-corrected chi connectivity index (χ0v) is 16.3. The number of hydrogen-bond acceptors (Lipinski definition) is 4. The maximum atomic E-state index is 10.9. The van der Waals surface area contributed by atoms with Gasteiger partial charge < -0.3 is 23.8 Å². The molecule has 2 aromatic carbocycles. The zero-order chi connectivity index (χ0) is 19.0. The lowest BCUT2D eigenvalue weighted by Crippen LogP contribution is -2.49. The van der Waals surface area contributed by atoms with Gasteiger partial charge >= 0.3 is 0 Å². The summed E-state index contributed by atoms with van der Waals surface area (Å²) in [6, 6.07) is 12.4. The average Bonchev–Trinajstić information content (AvgIpc) is 3.11. The minimum Gasteiger partial charge on any atom is -0.492 e. The van der Waals surface area contributed by atoms with E-state index in [-0.39, 0.29) is 12.8 Å². The molecule has 144 valence electrons. The molecule has 27 heavy (non-hydrogen) atoms. The van der Waals surface area contributed by atoms with Crippen LogP contribution in [0.25, 0.3) is 0 Å². The summed E-state index contributed by atoms with van der Waals surface area (Å²) in [6.07, 6.45) is 1.86. The molecule has 0 radical (unpaired) electrons. The molecule has 2 aliphatic heterocycles. The van der Waals surface area contributed by atoms with Crippen LogP contribution in [0.2, 0.25) is 0 Å². The molecule has 0 aromatic heterocycles. The second-order valence-electron chi connectivity index (χ2n) is 8.06. The van der Waals surface area contributed by atoms with Crippen LogP contribution < -0.4 is 14.2 Å². The van der Waals surface area contributed by atoms with E-state index in [0.717, 1.165) is 40.1 Å². The third-order valence-corrected chi connectivity index (χ3v) is 5.89. The molecule has 0 aliphatic carbocycles. The molecule has 2 aromatic rings. The van der Waals surface area contributed by atoms with Crippen molar-refractivity contribution < 1.29 is 23.8 Å². The van der Waals surface area contributed by atoms with E-state index in [1.807, 2.05) is 18.2 Å². The highest BCUT2D eigenvalue weighted by Gasteiger charge is 2.42. The first kappa shape index (κ1) is 18.1. The number of aliphatic hydroxyl groups is 1. The third kappa shape index (κ3) is 3.37. The van der Waals surface area contributed by atoms with E-state index >= 15 is 0 Å². The summed E-state index contributed by atoms with van der Waals surface area (Å²) in [5.74, 6) is 2.23. The van der Waals surface area contributed by atoms with Crippen molar-refractivity contribution in [1.82, 2.24) is 0 Å². The van der Waals surface area contributed by atoms with E-state index in [9.17, 15) is 5.11 Å². The van der Waals surface area contributed by atoms with Crippen LogP contribution in [0.15, 0.2) is 36.4 Å². The molecular formula is C22H28NO4+. The van der Waals surface area contributed by atoms with Gasteiger partial charge in [-0.3, -0.25) is 0 Å². The Hall–Kier alpha value is -2.24. The lowest BCUT2D eigenvalue weighted by atomic mass is 9.85. The van der Waals surface area contributed by atoms with Crippen molar-refractivity contribution in [2.24, 2.45) is 0 Å². The highest BCUT2D eigenvalue weighted by molar-refractivity contribution is 5.61. The fourth-order valence-corrected chi connectivity index (χ4v) is 4.40. The second-order valence-corrected chi connectivity index (χ2v) is 8.06. The molecule has 2 aliphatic rings. The average molecular weight is 370 g/mol. The van der Waals surface area contributed by atoms with E-state index in [4.69, 9.17) is 14.2 Å². The Bertz CT molecular complexity index is 819. The number of methoxy groups -OCH3 is 1. The lowest BCUT2D eigenvalue weighted by Gasteiger charge is -2.44. The molecule has 2 heterocycles. The minimum atomic E-state index is -0.420. The van der Waals surface area contributed by atoms with Crippen LogP contribution in [-0.2, 0) is 12.8 Å². The van der Waals surface area contributed by atoms with Gasteiger partial charge in [0.15, 0.2) is 11.5 Å². The van der Waals surface area contributed by atoms with E-state index in [1.54, 1.807) is 7.11 Å². The van der Waals surface area contributed by atoms with Crippen LogP contribution in [0.3, 0.4) is 0 Å². The molecule has 5 heteroatoms. The predicted octanol–water partition coefficient (Wildman–Crippen LogP) is 3.09. The molecule has 0 spiro atoms. The molecule has 4 rings (SSSR count). The van der Waals surface area contributed by atoms with Crippen molar-refractivity contribution in [1.29, 1.82) is 0 Å². The van der Waals surface area contributed by atoms with Gasteiger partial charge in [-0.25, -0.2) is 0 Å². The van der Waals surface area contributed by atoms with Crippen LogP contribution in [0, 0.1) is 0 Å². The molecule has 0 fully saturated rings. The largest absolute Gasteiger partial charge is 0.492 e. The molecule has 0 saturated heterocycles. The van der Waals surface area contributed by atoms with Crippen molar-refractivity contribution in [2.75, 3.05) is 34.5 Å². The van der Waals surface area contributed by atoms with Gasteiger partial charge in [0.1, 0.15) is 6.04 Å². The monoisotopic (exact) mass is 370 g/mol. The smallest absolute Gasteiger partial charge is 0.231 e. The first-order valence-corrected chi connectivity index (χ1v) is 9.53. The van der Waals surface area contributed by atoms with Gasteiger partial charge in [-0.1, -0.05) is 30.3 Å². The van der Waals surface area contributed by atoms with Crippen LogP contribution in [-0.4, -0.2) is 50.2 Å². The minimum absolute atomic E-state index is 0.136. The Morgan fingerprint density at radius 1 is 1.22 bits per heavy atom. The summed E-state index contributed by atoms with van der Waals surface area (Å²) in [5, 5.41) is 10.9. The summed E-state index contributed by atoms with van der Waals surface area (Å²) in [6.45, 7) is 1.24. The first-order valence-electron chi connectivity index (χ1n) is 9.53. The van der Waals surface area contributed by atoms with Gasteiger partial charge in [0, 0.05) is 12.8 Å². The number of ether oxygens (including phenoxy) is 3. The van der Waals surface area contributed by atoms with E-state index in [2.05, 4.69) is 32.3 Å². The fraction of sp³-hybridized carbons (Fsp3) is 0.455. The molecule has 2 atom stereocenters. The quantitative estimate of drug-likeness (QED) is 0.822. The number of nitrogens with zero attached hydrogens (tertiary/aromatic N) is 1. The van der Waals surface area contributed by atoms with Crippen LogP contribution in [0.5, 0.6) is 17.2 Å². The summed E-state index contributed by atoms with van der Waals surface area (Å²) in [5.41, 5.74) is 3.56. The lowest BCUT2D eigenvalue weighted by molar-refractivity contribution is -0.924. The molecule has 5 nitrogen and oxygen atoms in total. The first-order chi connectivity index (χ1) is 13.0. The van der Waals surface area contributed by atoms with Gasteiger partial charge in [0.2, 0.25) is 12.5 Å². The van der Waals surface area contributed by atoms with E-state index in [0.29, 0.717) is 18.6 Å². The molecular weight excluding hydrogens is 342 g/mol. The summed E-state index contributed by atoms with van der Waals surface area (Å²) >= 11 is 0. The van der Waals surface area contributed by atoms with Gasteiger partial charge in [0.25, 0.3) is 0 Å². The summed E-state index contributed by atoms with van der Waals surface area (Å²) < 4.78 is 17.9. The highest BCUT2D eigenvalue weighted by atomic mass is 16.7. The van der Waals surface area contributed by atoms with Gasteiger partial charge in [-0.15, -0.1) is 0 Å².